The van der Waals surface area contributed by atoms with Crippen molar-refractivity contribution >= 4 is 17.5 Å². The molecule has 0 unspecified atom stereocenters. The van der Waals surface area contributed by atoms with Gasteiger partial charge < -0.3 is 24.8 Å². The molecule has 0 radical (unpaired) electrons. The summed E-state index contributed by atoms with van der Waals surface area (Å²) in [6.45, 7) is 17.0. The van der Waals surface area contributed by atoms with Gasteiger partial charge in [-0.15, -0.1) is 0 Å². The van der Waals surface area contributed by atoms with Crippen LogP contribution in [0.25, 0.3) is 11.1 Å². The molecule has 2 saturated heterocycles. The molecule has 0 spiro atoms. The molecule has 3 aromatic rings. The van der Waals surface area contributed by atoms with Crippen LogP contribution in [0.15, 0.2) is 47.3 Å². The van der Waals surface area contributed by atoms with Gasteiger partial charge in [0.15, 0.2) is 0 Å². The normalized spacial score (nSPS) is 15.0. The lowest BCUT2D eigenvalue weighted by atomic mass is 9.94. The monoisotopic (exact) mass is 838 g/mol. The topological polar surface area (TPSA) is 98.0 Å². The second kappa shape index (κ2) is 25.9. The summed E-state index contributed by atoms with van der Waals surface area (Å²) in [6, 6.07) is 15.3. The van der Waals surface area contributed by atoms with Crippen LogP contribution in [0.3, 0.4) is 0 Å². The van der Waals surface area contributed by atoms with E-state index in [0.717, 1.165) is 105 Å². The van der Waals surface area contributed by atoms with Crippen LogP contribution in [0.4, 0.5) is 5.69 Å². The largest absolute Gasteiger partial charge is 0.381 e. The van der Waals surface area contributed by atoms with Gasteiger partial charge in [-0.1, -0.05) is 121 Å². The number of pyridine rings is 1. The maximum absolute atomic E-state index is 14.0. The van der Waals surface area contributed by atoms with E-state index in [0.29, 0.717) is 29.5 Å². The number of hydrogen-bond acceptors (Lipinski definition) is 6. The van der Waals surface area contributed by atoms with E-state index < -0.39 is 0 Å². The van der Waals surface area contributed by atoms with E-state index >= 15 is 0 Å². The summed E-state index contributed by atoms with van der Waals surface area (Å²) in [5.41, 5.74) is 8.00. The minimum Gasteiger partial charge on any atom is -0.381 e. The number of nitrogens with one attached hydrogen (secondary N) is 2. The summed E-state index contributed by atoms with van der Waals surface area (Å²) in [5.74, 6) is 0.133. The summed E-state index contributed by atoms with van der Waals surface area (Å²) in [4.78, 5) is 49.6. The van der Waals surface area contributed by atoms with E-state index in [9.17, 15) is 14.4 Å². The second-order valence-electron chi connectivity index (χ2n) is 18.0. The maximum Gasteiger partial charge on any atom is 0.253 e. The van der Waals surface area contributed by atoms with Crippen molar-refractivity contribution in [3.8, 4) is 11.1 Å². The Morgan fingerprint density at radius 1 is 0.754 bits per heavy atom. The van der Waals surface area contributed by atoms with Crippen molar-refractivity contribution in [3.63, 3.8) is 0 Å². The van der Waals surface area contributed by atoms with Crippen LogP contribution < -0.4 is 15.8 Å². The molecule has 0 bridgehead atoms. The second-order valence-corrected chi connectivity index (χ2v) is 18.0. The first kappa shape index (κ1) is 48.1. The summed E-state index contributed by atoms with van der Waals surface area (Å²) >= 11 is 0. The van der Waals surface area contributed by atoms with Gasteiger partial charge in [0.05, 0.1) is 0 Å². The number of amides is 2. The van der Waals surface area contributed by atoms with Crippen molar-refractivity contribution in [1.82, 2.24) is 20.1 Å². The fourth-order valence-electron chi connectivity index (χ4n) is 9.41. The van der Waals surface area contributed by atoms with Crippen LogP contribution in [-0.2, 0) is 22.6 Å². The van der Waals surface area contributed by atoms with Crippen molar-refractivity contribution in [3.05, 3.63) is 86.3 Å². The lowest BCUT2D eigenvalue weighted by Crippen LogP contribution is -2.48. The average Bonchev–Trinajstić information content (AvgIpc) is 3.26. The highest BCUT2D eigenvalue weighted by Crippen LogP contribution is 2.34. The molecule has 61 heavy (non-hydrogen) atoms. The van der Waals surface area contributed by atoms with E-state index in [4.69, 9.17) is 4.74 Å². The van der Waals surface area contributed by atoms with Gasteiger partial charge in [0.25, 0.3) is 11.5 Å². The highest BCUT2D eigenvalue weighted by molar-refractivity contribution is 5.99. The molecule has 2 amide bonds. The van der Waals surface area contributed by atoms with Crippen molar-refractivity contribution in [2.75, 3.05) is 50.8 Å². The van der Waals surface area contributed by atoms with Gasteiger partial charge in [-0.2, -0.15) is 0 Å². The predicted octanol–water partition coefficient (Wildman–Crippen LogP) is 10.8. The number of ether oxygens (including phenoxy) is 1. The zero-order valence-electron chi connectivity index (χ0n) is 38.7. The van der Waals surface area contributed by atoms with Crippen LogP contribution in [0.5, 0.6) is 0 Å². The predicted molar refractivity (Wildman–Crippen MR) is 253 cm³/mol. The lowest BCUT2D eigenvalue weighted by Gasteiger charge is -2.37. The Morgan fingerprint density at radius 3 is 1.92 bits per heavy atom. The molecule has 2 aromatic carbocycles. The number of carbonyl (C=O) groups is 2. The number of piperazine rings is 1. The maximum atomic E-state index is 14.0. The fourth-order valence-corrected chi connectivity index (χ4v) is 9.41. The Hall–Kier alpha value is -3.95. The molecule has 1 aromatic heterocycles. The van der Waals surface area contributed by atoms with E-state index in [2.05, 4.69) is 69.2 Å². The Kier molecular flexibility index (Phi) is 20.4. The van der Waals surface area contributed by atoms with Crippen molar-refractivity contribution in [2.45, 2.75) is 169 Å². The third kappa shape index (κ3) is 15.1. The quantitative estimate of drug-likeness (QED) is 0.0825. The average molecular weight is 838 g/mol. The van der Waals surface area contributed by atoms with Crippen LogP contribution >= 0.6 is 0 Å². The molecule has 3 heterocycles. The number of rotatable bonds is 25. The number of aromatic amines is 1. The molecular formula is C52H79N5O4. The van der Waals surface area contributed by atoms with Gasteiger partial charge in [-0.05, 0) is 93.0 Å². The standard InChI is InChI=1S/C52H79N5O4/c1-6-8-9-10-11-12-13-14-15-16-17-18-19-20-21-22-50(58)56-31-29-55(30-32-56)39-43-23-25-44(26-24-43)45-36-47(51(59)53-38-48-40(3)35-41(4)54-52(48)60)42(5)49(37-45)57(7-2)46-27-33-61-34-28-46/h23-26,35-37,46H,6-22,27-34,38-39H2,1-5H3,(H,53,59)(H,54,60). The van der Waals surface area contributed by atoms with Gasteiger partial charge in [0, 0.05) is 94.0 Å². The number of hydrogen-bond donors (Lipinski definition) is 2. The van der Waals surface area contributed by atoms with Gasteiger partial charge >= 0.3 is 0 Å². The van der Waals surface area contributed by atoms with Gasteiger partial charge in [0.1, 0.15) is 0 Å². The minimum absolute atomic E-state index is 0.160. The number of aromatic nitrogens is 1. The number of carbonyl (C=O) groups excluding carboxylic acids is 2. The molecular weight excluding hydrogens is 759 g/mol. The number of H-pyrrole nitrogens is 1. The zero-order chi connectivity index (χ0) is 43.4. The number of nitrogens with zero attached hydrogens (tertiary/aromatic N) is 3. The number of unbranched alkanes of at least 4 members (excludes halogenated alkanes) is 14. The highest BCUT2D eigenvalue weighted by atomic mass is 16.5. The Balaban J connectivity index is 1.09. The minimum atomic E-state index is -0.188. The summed E-state index contributed by atoms with van der Waals surface area (Å²) in [7, 11) is 0. The van der Waals surface area contributed by atoms with Crippen molar-refractivity contribution in [2.24, 2.45) is 0 Å². The van der Waals surface area contributed by atoms with E-state index in [1.165, 1.54) is 95.5 Å². The van der Waals surface area contributed by atoms with Gasteiger partial charge in [0.2, 0.25) is 5.91 Å². The van der Waals surface area contributed by atoms with Crippen molar-refractivity contribution in [1.29, 1.82) is 0 Å². The molecule has 336 valence electrons. The molecule has 2 fully saturated rings. The third-order valence-corrected chi connectivity index (χ3v) is 13.2. The molecule has 0 atom stereocenters. The molecule has 2 aliphatic rings. The SMILES string of the molecule is CCCCCCCCCCCCCCCCCC(=O)N1CCN(Cc2ccc(-c3cc(C(=O)NCc4c(C)cc(C)[nH]c4=O)c(C)c(N(CC)C4CCOCC4)c3)cc2)CC1. The third-order valence-electron chi connectivity index (χ3n) is 13.2. The first-order valence-corrected chi connectivity index (χ1v) is 24.2. The van der Waals surface area contributed by atoms with Crippen LogP contribution in [-0.4, -0.2) is 78.6 Å². The van der Waals surface area contributed by atoms with Gasteiger partial charge in [-0.25, -0.2) is 0 Å². The van der Waals surface area contributed by atoms with E-state index in [1.54, 1.807) is 0 Å². The molecule has 2 N–H and O–H groups in total. The molecule has 5 rings (SSSR count). The zero-order valence-corrected chi connectivity index (χ0v) is 38.7. The number of aryl methyl sites for hydroxylation is 2. The van der Waals surface area contributed by atoms with Gasteiger partial charge in [-0.3, -0.25) is 19.3 Å². The van der Waals surface area contributed by atoms with Crippen LogP contribution in [0.2, 0.25) is 0 Å². The first-order chi connectivity index (χ1) is 29.7. The molecule has 0 aliphatic carbocycles. The Bertz CT molecular complexity index is 1840. The highest BCUT2D eigenvalue weighted by Gasteiger charge is 2.26. The van der Waals surface area contributed by atoms with Crippen LogP contribution in [0, 0.1) is 20.8 Å². The number of benzene rings is 2. The van der Waals surface area contributed by atoms with Crippen molar-refractivity contribution < 1.29 is 14.3 Å². The lowest BCUT2D eigenvalue weighted by molar-refractivity contribution is -0.133. The fraction of sp³-hybridized carbons (Fsp3) is 0.635. The van der Waals surface area contributed by atoms with E-state index in [1.807, 2.05) is 32.9 Å². The molecule has 2 aliphatic heterocycles. The summed E-state index contributed by atoms with van der Waals surface area (Å²) in [5, 5.41) is 3.07. The van der Waals surface area contributed by atoms with Crippen LogP contribution in [0.1, 0.15) is 168 Å². The van der Waals surface area contributed by atoms with E-state index in [-0.39, 0.29) is 18.0 Å². The smallest absolute Gasteiger partial charge is 0.253 e. The molecule has 9 nitrogen and oxygen atoms in total. The molecule has 9 heteroatoms. The Labute approximate surface area is 368 Å². The summed E-state index contributed by atoms with van der Waals surface area (Å²) in [6.07, 6.45) is 22.6. The summed E-state index contributed by atoms with van der Waals surface area (Å²) < 4.78 is 5.70. The first-order valence-electron chi connectivity index (χ1n) is 24.2. The Morgan fingerprint density at radius 2 is 1.34 bits per heavy atom. The molecule has 0 saturated carbocycles. The number of anilines is 1.